The lowest BCUT2D eigenvalue weighted by molar-refractivity contribution is -0.142. The zero-order chi connectivity index (χ0) is 12.7. The van der Waals surface area contributed by atoms with Crippen LogP contribution in [0.3, 0.4) is 0 Å². The Hall–Kier alpha value is -1.55. The third-order valence-electron chi connectivity index (χ3n) is 3.98. The fourth-order valence-electron chi connectivity index (χ4n) is 3.09. The summed E-state index contributed by atoms with van der Waals surface area (Å²) in [6, 6.07) is 6.21. The van der Waals surface area contributed by atoms with Crippen molar-refractivity contribution in [3.8, 4) is 0 Å². The molecule has 0 radical (unpaired) electrons. The van der Waals surface area contributed by atoms with Gasteiger partial charge in [-0.3, -0.25) is 4.79 Å². The highest BCUT2D eigenvalue weighted by atomic mass is 16.5. The SMILES string of the molecule is Cc1ccc2c(c1)C(C(=O)O)C1COCCC1N2. The monoisotopic (exact) mass is 247 g/mol. The number of hydrogen-bond donors (Lipinski definition) is 2. The van der Waals surface area contributed by atoms with Gasteiger partial charge in [0.05, 0.1) is 12.5 Å². The third-order valence-corrected chi connectivity index (χ3v) is 3.98. The standard InChI is InChI=1S/C14H17NO3/c1-8-2-3-11-9(6-8)13(14(16)17)10-7-18-5-4-12(10)15-11/h2-3,6,10,12-13,15H,4-5,7H2,1H3,(H,16,17). The van der Waals surface area contributed by atoms with E-state index in [-0.39, 0.29) is 12.0 Å². The summed E-state index contributed by atoms with van der Waals surface area (Å²) in [7, 11) is 0. The van der Waals surface area contributed by atoms with Gasteiger partial charge in [0.2, 0.25) is 0 Å². The van der Waals surface area contributed by atoms with Crippen molar-refractivity contribution in [1.82, 2.24) is 0 Å². The molecule has 1 fully saturated rings. The molecule has 1 aromatic carbocycles. The van der Waals surface area contributed by atoms with E-state index in [1.54, 1.807) is 0 Å². The van der Waals surface area contributed by atoms with Crippen LogP contribution in [0.15, 0.2) is 18.2 Å². The Morgan fingerprint density at radius 2 is 2.33 bits per heavy atom. The van der Waals surface area contributed by atoms with Crippen LogP contribution in [-0.4, -0.2) is 30.3 Å². The maximum Gasteiger partial charge on any atom is 0.311 e. The predicted octanol–water partition coefficient (Wildman–Crippen LogP) is 1.99. The number of benzene rings is 1. The fourth-order valence-corrected chi connectivity index (χ4v) is 3.09. The summed E-state index contributed by atoms with van der Waals surface area (Å²) in [4.78, 5) is 11.6. The van der Waals surface area contributed by atoms with Crippen molar-refractivity contribution in [2.75, 3.05) is 18.5 Å². The van der Waals surface area contributed by atoms with Crippen molar-refractivity contribution in [2.45, 2.75) is 25.3 Å². The second-order valence-corrected chi connectivity index (χ2v) is 5.18. The van der Waals surface area contributed by atoms with Crippen LogP contribution in [0.5, 0.6) is 0 Å². The lowest BCUT2D eigenvalue weighted by Crippen LogP contribution is -2.46. The average molecular weight is 247 g/mol. The molecule has 1 aromatic rings. The Labute approximate surface area is 106 Å². The maximum atomic E-state index is 11.6. The van der Waals surface area contributed by atoms with Gasteiger partial charge in [-0.1, -0.05) is 17.7 Å². The van der Waals surface area contributed by atoms with E-state index in [9.17, 15) is 9.90 Å². The maximum absolute atomic E-state index is 11.6. The fraction of sp³-hybridized carbons (Fsp3) is 0.500. The van der Waals surface area contributed by atoms with E-state index in [0.717, 1.165) is 23.2 Å². The van der Waals surface area contributed by atoms with Crippen LogP contribution in [-0.2, 0) is 9.53 Å². The minimum Gasteiger partial charge on any atom is -0.481 e. The van der Waals surface area contributed by atoms with Crippen LogP contribution in [0.25, 0.3) is 0 Å². The molecule has 0 aliphatic carbocycles. The van der Waals surface area contributed by atoms with Gasteiger partial charge >= 0.3 is 5.97 Å². The smallest absolute Gasteiger partial charge is 0.311 e. The zero-order valence-corrected chi connectivity index (χ0v) is 10.3. The van der Waals surface area contributed by atoms with Crippen molar-refractivity contribution in [3.05, 3.63) is 29.3 Å². The lowest BCUT2D eigenvalue weighted by Gasteiger charge is -2.41. The molecule has 18 heavy (non-hydrogen) atoms. The molecule has 1 saturated heterocycles. The molecular formula is C14H17NO3. The summed E-state index contributed by atoms with van der Waals surface area (Å²) in [5.74, 6) is -1.17. The summed E-state index contributed by atoms with van der Waals surface area (Å²) >= 11 is 0. The molecular weight excluding hydrogens is 230 g/mol. The highest BCUT2D eigenvalue weighted by Crippen LogP contribution is 2.41. The molecule has 4 heteroatoms. The third kappa shape index (κ3) is 1.77. The summed E-state index contributed by atoms with van der Waals surface area (Å²) in [5, 5.41) is 13.0. The van der Waals surface area contributed by atoms with E-state index in [0.29, 0.717) is 13.2 Å². The minimum absolute atomic E-state index is 0.0329. The van der Waals surface area contributed by atoms with E-state index in [1.165, 1.54) is 0 Å². The second kappa shape index (κ2) is 4.28. The summed E-state index contributed by atoms with van der Waals surface area (Å²) in [6.07, 6.45) is 0.877. The normalized spacial score (nSPS) is 29.9. The van der Waals surface area contributed by atoms with Crippen molar-refractivity contribution in [3.63, 3.8) is 0 Å². The van der Waals surface area contributed by atoms with Crippen LogP contribution in [0.4, 0.5) is 5.69 Å². The molecule has 0 saturated carbocycles. The first-order valence-corrected chi connectivity index (χ1v) is 6.34. The molecule has 0 spiro atoms. The van der Waals surface area contributed by atoms with Gasteiger partial charge in [0, 0.05) is 24.3 Å². The molecule has 3 unspecified atom stereocenters. The number of carboxylic acid groups (broad SMARTS) is 1. The molecule has 2 aliphatic heterocycles. The first kappa shape index (κ1) is 11.5. The molecule has 4 nitrogen and oxygen atoms in total. The number of aryl methyl sites for hydroxylation is 1. The molecule has 2 heterocycles. The number of rotatable bonds is 1. The number of carboxylic acids is 1. The lowest BCUT2D eigenvalue weighted by atomic mass is 9.75. The Kier molecular flexibility index (Phi) is 2.74. The summed E-state index contributed by atoms with van der Waals surface area (Å²) in [6.45, 7) is 3.23. The van der Waals surface area contributed by atoms with Crippen molar-refractivity contribution in [2.24, 2.45) is 5.92 Å². The van der Waals surface area contributed by atoms with Gasteiger partial charge in [-0.25, -0.2) is 0 Å². The number of anilines is 1. The molecule has 0 aromatic heterocycles. The molecule has 2 N–H and O–H groups in total. The molecule has 96 valence electrons. The van der Waals surface area contributed by atoms with Crippen LogP contribution in [0, 0.1) is 12.8 Å². The molecule has 3 atom stereocenters. The van der Waals surface area contributed by atoms with Gasteiger partial charge in [-0.2, -0.15) is 0 Å². The second-order valence-electron chi connectivity index (χ2n) is 5.18. The van der Waals surface area contributed by atoms with Crippen molar-refractivity contribution < 1.29 is 14.6 Å². The van der Waals surface area contributed by atoms with Gasteiger partial charge in [0.1, 0.15) is 0 Å². The van der Waals surface area contributed by atoms with Crippen LogP contribution in [0.1, 0.15) is 23.5 Å². The molecule has 0 bridgehead atoms. The van der Waals surface area contributed by atoms with E-state index in [1.807, 2.05) is 25.1 Å². The quantitative estimate of drug-likeness (QED) is 0.797. The number of carbonyl (C=O) groups is 1. The molecule has 2 aliphatic rings. The van der Waals surface area contributed by atoms with Gasteiger partial charge in [-0.05, 0) is 25.0 Å². The Morgan fingerprint density at radius 1 is 1.50 bits per heavy atom. The van der Waals surface area contributed by atoms with E-state index in [2.05, 4.69) is 5.32 Å². The van der Waals surface area contributed by atoms with E-state index < -0.39 is 11.9 Å². The molecule has 3 rings (SSSR count). The van der Waals surface area contributed by atoms with E-state index >= 15 is 0 Å². The Bertz CT molecular complexity index is 486. The van der Waals surface area contributed by atoms with Gasteiger partial charge < -0.3 is 15.2 Å². The Morgan fingerprint density at radius 3 is 3.11 bits per heavy atom. The van der Waals surface area contributed by atoms with Gasteiger partial charge in [0.25, 0.3) is 0 Å². The van der Waals surface area contributed by atoms with E-state index in [4.69, 9.17) is 4.74 Å². The zero-order valence-electron chi connectivity index (χ0n) is 10.3. The number of nitrogens with one attached hydrogen (secondary N) is 1. The van der Waals surface area contributed by atoms with Crippen molar-refractivity contribution in [1.29, 1.82) is 0 Å². The number of hydrogen-bond acceptors (Lipinski definition) is 3. The highest BCUT2D eigenvalue weighted by Gasteiger charge is 2.42. The van der Waals surface area contributed by atoms with Crippen LogP contribution >= 0.6 is 0 Å². The number of aliphatic carboxylic acids is 1. The topological polar surface area (TPSA) is 58.6 Å². The number of ether oxygens (including phenoxy) is 1. The Balaban J connectivity index is 2.07. The summed E-state index contributed by atoms with van der Waals surface area (Å²) in [5.41, 5.74) is 2.96. The van der Waals surface area contributed by atoms with Crippen LogP contribution < -0.4 is 5.32 Å². The number of fused-ring (bicyclic) bond motifs is 2. The molecule has 0 amide bonds. The first-order valence-electron chi connectivity index (χ1n) is 6.34. The van der Waals surface area contributed by atoms with Gasteiger partial charge in [0.15, 0.2) is 0 Å². The average Bonchev–Trinajstić information content (AvgIpc) is 2.35. The van der Waals surface area contributed by atoms with Crippen molar-refractivity contribution >= 4 is 11.7 Å². The first-order chi connectivity index (χ1) is 8.66. The largest absolute Gasteiger partial charge is 0.481 e. The van der Waals surface area contributed by atoms with Crippen LogP contribution in [0.2, 0.25) is 0 Å². The summed E-state index contributed by atoms with van der Waals surface area (Å²) < 4.78 is 5.46. The minimum atomic E-state index is -0.746. The predicted molar refractivity (Wildman–Crippen MR) is 67.9 cm³/mol. The van der Waals surface area contributed by atoms with Gasteiger partial charge in [-0.15, -0.1) is 0 Å². The highest BCUT2D eigenvalue weighted by molar-refractivity contribution is 5.81.